The molecule has 5 nitrogen and oxygen atoms in total. The highest BCUT2D eigenvalue weighted by molar-refractivity contribution is 5.76. The molecule has 0 aliphatic carbocycles. The summed E-state index contributed by atoms with van der Waals surface area (Å²) in [6.07, 6.45) is -0.382. The summed E-state index contributed by atoms with van der Waals surface area (Å²) in [4.78, 5) is 13.4. The van der Waals surface area contributed by atoms with E-state index >= 15 is 0 Å². The SMILES string of the molecule is COCC(O)CN(C)C(=O)CCOc1cccc(C)c1C. The molecule has 1 rings (SSSR count). The van der Waals surface area contributed by atoms with Crippen LogP contribution in [0.2, 0.25) is 0 Å². The van der Waals surface area contributed by atoms with Crippen LogP contribution in [-0.2, 0) is 9.53 Å². The molecule has 1 aromatic rings. The van der Waals surface area contributed by atoms with Gasteiger partial charge in [0.1, 0.15) is 5.75 Å². The fourth-order valence-electron chi connectivity index (χ4n) is 1.98. The number of carbonyl (C=O) groups excluding carboxylic acids is 1. The van der Waals surface area contributed by atoms with Crippen molar-refractivity contribution in [2.45, 2.75) is 26.4 Å². The molecule has 5 heteroatoms. The Morgan fingerprint density at radius 2 is 2.10 bits per heavy atom. The molecule has 0 aliphatic rings. The Kier molecular flexibility index (Phi) is 7.19. The molecule has 118 valence electrons. The fourth-order valence-corrected chi connectivity index (χ4v) is 1.98. The number of hydrogen-bond acceptors (Lipinski definition) is 4. The summed E-state index contributed by atoms with van der Waals surface area (Å²) in [6.45, 7) is 4.83. The van der Waals surface area contributed by atoms with Gasteiger partial charge in [0.25, 0.3) is 0 Å². The average molecular weight is 295 g/mol. The zero-order chi connectivity index (χ0) is 15.8. The minimum absolute atomic E-state index is 0.0598. The molecule has 0 heterocycles. The van der Waals surface area contributed by atoms with E-state index in [1.165, 1.54) is 17.6 Å². The zero-order valence-electron chi connectivity index (χ0n) is 13.3. The van der Waals surface area contributed by atoms with Crippen molar-refractivity contribution < 1.29 is 19.4 Å². The molecule has 1 atom stereocenters. The number of benzene rings is 1. The number of carbonyl (C=O) groups is 1. The van der Waals surface area contributed by atoms with Crippen LogP contribution in [0.1, 0.15) is 17.5 Å². The van der Waals surface area contributed by atoms with Gasteiger partial charge < -0.3 is 19.5 Å². The van der Waals surface area contributed by atoms with Gasteiger partial charge in [0.05, 0.1) is 25.7 Å². The fraction of sp³-hybridized carbons (Fsp3) is 0.562. The van der Waals surface area contributed by atoms with Crippen LogP contribution < -0.4 is 4.74 Å². The van der Waals surface area contributed by atoms with Gasteiger partial charge in [-0.25, -0.2) is 0 Å². The van der Waals surface area contributed by atoms with Crippen LogP contribution in [0.4, 0.5) is 0 Å². The minimum atomic E-state index is -0.663. The standard InChI is InChI=1S/C16H25NO4/c1-12-6-5-7-15(13(12)2)21-9-8-16(19)17(3)10-14(18)11-20-4/h5-7,14,18H,8-11H2,1-4H3. The van der Waals surface area contributed by atoms with Crippen LogP contribution in [0.3, 0.4) is 0 Å². The number of aryl methyl sites for hydroxylation is 1. The molecule has 1 unspecified atom stereocenters. The van der Waals surface area contributed by atoms with Crippen molar-refractivity contribution in [3.8, 4) is 5.75 Å². The molecule has 0 saturated heterocycles. The number of rotatable bonds is 8. The summed E-state index contributed by atoms with van der Waals surface area (Å²) in [5.74, 6) is 0.750. The van der Waals surface area contributed by atoms with E-state index in [0.29, 0.717) is 6.61 Å². The second-order valence-corrected chi connectivity index (χ2v) is 5.18. The zero-order valence-corrected chi connectivity index (χ0v) is 13.3. The van der Waals surface area contributed by atoms with E-state index in [4.69, 9.17) is 9.47 Å². The van der Waals surface area contributed by atoms with Gasteiger partial charge in [0.2, 0.25) is 5.91 Å². The van der Waals surface area contributed by atoms with Gasteiger partial charge in [0, 0.05) is 20.7 Å². The number of ether oxygens (including phenoxy) is 2. The third kappa shape index (κ3) is 5.73. The van der Waals surface area contributed by atoms with Gasteiger partial charge >= 0.3 is 0 Å². The van der Waals surface area contributed by atoms with Crippen molar-refractivity contribution in [1.29, 1.82) is 0 Å². The average Bonchev–Trinajstić information content (AvgIpc) is 2.43. The highest BCUT2D eigenvalue weighted by Gasteiger charge is 2.13. The van der Waals surface area contributed by atoms with Crippen LogP contribution in [0.15, 0.2) is 18.2 Å². The van der Waals surface area contributed by atoms with E-state index in [2.05, 4.69) is 0 Å². The third-order valence-corrected chi connectivity index (χ3v) is 3.40. The summed E-state index contributed by atoms with van der Waals surface area (Å²) >= 11 is 0. The topological polar surface area (TPSA) is 59.0 Å². The summed E-state index contributed by atoms with van der Waals surface area (Å²) in [5, 5.41) is 9.59. The first-order valence-corrected chi connectivity index (χ1v) is 7.05. The van der Waals surface area contributed by atoms with E-state index in [1.54, 1.807) is 7.05 Å². The van der Waals surface area contributed by atoms with E-state index in [1.807, 2.05) is 32.0 Å². The summed E-state index contributed by atoms with van der Waals surface area (Å²) in [6, 6.07) is 5.86. The third-order valence-electron chi connectivity index (χ3n) is 3.40. The second kappa shape index (κ2) is 8.64. The van der Waals surface area contributed by atoms with Crippen LogP contribution in [0.5, 0.6) is 5.75 Å². The molecule has 0 aromatic heterocycles. The van der Waals surface area contributed by atoms with Gasteiger partial charge in [-0.15, -0.1) is 0 Å². The molecule has 0 fully saturated rings. The lowest BCUT2D eigenvalue weighted by atomic mass is 10.1. The Morgan fingerprint density at radius 1 is 1.38 bits per heavy atom. The first-order chi connectivity index (χ1) is 9.95. The minimum Gasteiger partial charge on any atom is -0.493 e. The predicted molar refractivity (Wildman–Crippen MR) is 81.5 cm³/mol. The van der Waals surface area contributed by atoms with E-state index in [0.717, 1.165) is 11.3 Å². The Balaban J connectivity index is 2.37. The molecule has 1 amide bonds. The number of methoxy groups -OCH3 is 1. The van der Waals surface area contributed by atoms with Gasteiger partial charge in [-0.1, -0.05) is 12.1 Å². The molecular formula is C16H25NO4. The molecule has 1 aromatic carbocycles. The summed E-state index contributed by atoms with van der Waals surface area (Å²) in [5.41, 5.74) is 2.26. The maximum absolute atomic E-state index is 11.9. The van der Waals surface area contributed by atoms with Crippen molar-refractivity contribution in [2.75, 3.05) is 33.9 Å². The molecule has 0 spiro atoms. The van der Waals surface area contributed by atoms with Crippen molar-refractivity contribution in [3.63, 3.8) is 0 Å². The quantitative estimate of drug-likeness (QED) is 0.790. The monoisotopic (exact) mass is 295 g/mol. The van der Waals surface area contributed by atoms with Crippen LogP contribution in [-0.4, -0.2) is 55.9 Å². The lowest BCUT2D eigenvalue weighted by Crippen LogP contribution is -2.36. The van der Waals surface area contributed by atoms with Crippen molar-refractivity contribution in [3.05, 3.63) is 29.3 Å². The normalized spacial score (nSPS) is 12.0. The first kappa shape index (κ1) is 17.5. The number of likely N-dealkylation sites (N-methyl/N-ethyl adjacent to an activating group) is 1. The van der Waals surface area contributed by atoms with Gasteiger partial charge in [-0.3, -0.25) is 4.79 Å². The Morgan fingerprint density at radius 3 is 2.76 bits per heavy atom. The number of hydrogen-bond donors (Lipinski definition) is 1. The maximum atomic E-state index is 11.9. The van der Waals surface area contributed by atoms with E-state index < -0.39 is 6.10 Å². The van der Waals surface area contributed by atoms with Gasteiger partial charge in [-0.05, 0) is 31.0 Å². The van der Waals surface area contributed by atoms with Gasteiger partial charge in [0.15, 0.2) is 0 Å². The van der Waals surface area contributed by atoms with Crippen molar-refractivity contribution in [2.24, 2.45) is 0 Å². The molecule has 0 radical (unpaired) electrons. The predicted octanol–water partition coefficient (Wildman–Crippen LogP) is 1.54. The van der Waals surface area contributed by atoms with Crippen molar-refractivity contribution >= 4 is 5.91 Å². The molecule has 0 saturated carbocycles. The highest BCUT2D eigenvalue weighted by atomic mass is 16.5. The number of nitrogens with zero attached hydrogens (tertiary/aromatic N) is 1. The Labute approximate surface area is 126 Å². The summed E-state index contributed by atoms with van der Waals surface area (Å²) in [7, 11) is 3.18. The lowest BCUT2D eigenvalue weighted by Gasteiger charge is -2.20. The second-order valence-electron chi connectivity index (χ2n) is 5.18. The van der Waals surface area contributed by atoms with Crippen molar-refractivity contribution in [1.82, 2.24) is 4.90 Å². The van der Waals surface area contributed by atoms with Crippen LogP contribution in [0.25, 0.3) is 0 Å². The van der Waals surface area contributed by atoms with Gasteiger partial charge in [-0.2, -0.15) is 0 Å². The highest BCUT2D eigenvalue weighted by Crippen LogP contribution is 2.20. The number of aliphatic hydroxyl groups is 1. The van der Waals surface area contributed by atoms with E-state index in [-0.39, 0.29) is 25.5 Å². The van der Waals surface area contributed by atoms with Crippen LogP contribution >= 0.6 is 0 Å². The summed E-state index contributed by atoms with van der Waals surface area (Å²) < 4.78 is 10.5. The maximum Gasteiger partial charge on any atom is 0.225 e. The smallest absolute Gasteiger partial charge is 0.225 e. The lowest BCUT2D eigenvalue weighted by molar-refractivity contribution is -0.132. The Hall–Kier alpha value is -1.59. The molecule has 0 bridgehead atoms. The van der Waals surface area contributed by atoms with E-state index in [9.17, 15) is 9.90 Å². The largest absolute Gasteiger partial charge is 0.493 e. The number of amides is 1. The number of aliphatic hydroxyl groups excluding tert-OH is 1. The first-order valence-electron chi connectivity index (χ1n) is 7.05. The molecular weight excluding hydrogens is 270 g/mol. The van der Waals surface area contributed by atoms with Crippen LogP contribution in [0, 0.1) is 13.8 Å². The molecule has 0 aliphatic heterocycles. The molecule has 1 N–H and O–H groups in total. The Bertz CT molecular complexity index is 462. The molecule has 21 heavy (non-hydrogen) atoms.